The quantitative estimate of drug-likeness (QED) is 0.680. The average molecular weight is 228 g/mol. The predicted octanol–water partition coefficient (Wildman–Crippen LogP) is 3.39. The van der Waals surface area contributed by atoms with E-state index in [-0.39, 0.29) is 11.4 Å². The third-order valence-electron chi connectivity index (χ3n) is 3.47. The predicted molar refractivity (Wildman–Crippen MR) is 67.5 cm³/mol. The average Bonchev–Trinajstić information content (AvgIpc) is 2.27. The molecule has 0 aromatic heterocycles. The monoisotopic (exact) mass is 228 g/mol. The Hall–Kier alpha value is -1.57. The van der Waals surface area contributed by atoms with Crippen LogP contribution < -0.4 is 4.74 Å². The molecule has 0 fully saturated rings. The van der Waals surface area contributed by atoms with Crippen molar-refractivity contribution in [3.63, 3.8) is 0 Å². The zero-order chi connectivity index (χ0) is 12.0. The van der Waals surface area contributed by atoms with Crippen molar-refractivity contribution >= 4 is 11.9 Å². The third kappa shape index (κ3) is 1.68. The summed E-state index contributed by atoms with van der Waals surface area (Å²) < 4.78 is 5.92. The maximum atomic E-state index is 11.8. The highest BCUT2D eigenvalue weighted by Crippen LogP contribution is 2.37. The Morgan fingerprint density at radius 3 is 2.88 bits per heavy atom. The van der Waals surface area contributed by atoms with E-state index in [0.717, 1.165) is 29.7 Å². The van der Waals surface area contributed by atoms with E-state index in [9.17, 15) is 4.79 Å². The fourth-order valence-electron chi connectivity index (χ4n) is 2.61. The molecule has 88 valence electrons. The molecule has 1 aliphatic heterocycles. The van der Waals surface area contributed by atoms with Crippen LogP contribution >= 0.6 is 0 Å². The van der Waals surface area contributed by atoms with Gasteiger partial charge < -0.3 is 4.74 Å². The van der Waals surface area contributed by atoms with Gasteiger partial charge in [-0.25, -0.2) is 0 Å². The van der Waals surface area contributed by atoms with Crippen LogP contribution in [0.25, 0.3) is 6.08 Å². The molecule has 1 aromatic rings. The Kier molecular flexibility index (Phi) is 2.15. The van der Waals surface area contributed by atoms with Crippen LogP contribution in [0.4, 0.5) is 0 Å². The summed E-state index contributed by atoms with van der Waals surface area (Å²) in [4.78, 5) is 11.8. The van der Waals surface area contributed by atoms with Crippen LogP contribution in [0, 0.1) is 0 Å². The highest BCUT2D eigenvalue weighted by molar-refractivity contribution is 5.99. The second-order valence-electron chi connectivity index (χ2n) is 5.32. The van der Waals surface area contributed by atoms with Gasteiger partial charge in [0.15, 0.2) is 5.78 Å². The van der Waals surface area contributed by atoms with Crippen molar-refractivity contribution in [1.29, 1.82) is 0 Å². The van der Waals surface area contributed by atoms with Gasteiger partial charge in [-0.2, -0.15) is 0 Å². The van der Waals surface area contributed by atoms with Crippen molar-refractivity contribution in [3.8, 4) is 5.75 Å². The van der Waals surface area contributed by atoms with E-state index < -0.39 is 0 Å². The number of benzene rings is 1. The summed E-state index contributed by atoms with van der Waals surface area (Å²) in [7, 11) is 0. The second kappa shape index (κ2) is 3.46. The van der Waals surface area contributed by atoms with Crippen molar-refractivity contribution in [2.75, 3.05) is 0 Å². The number of rotatable bonds is 0. The largest absolute Gasteiger partial charge is 0.483 e. The molecule has 1 heterocycles. The third-order valence-corrected chi connectivity index (χ3v) is 3.47. The van der Waals surface area contributed by atoms with Crippen LogP contribution in [0.15, 0.2) is 18.2 Å². The van der Waals surface area contributed by atoms with E-state index in [4.69, 9.17) is 4.74 Å². The molecule has 0 saturated carbocycles. The Morgan fingerprint density at radius 1 is 1.24 bits per heavy atom. The lowest BCUT2D eigenvalue weighted by Gasteiger charge is -2.30. The van der Waals surface area contributed by atoms with E-state index in [1.807, 2.05) is 26.0 Å². The lowest BCUT2D eigenvalue weighted by Crippen LogP contribution is -2.28. The molecular weight excluding hydrogens is 212 g/mol. The number of hydrogen-bond acceptors (Lipinski definition) is 2. The van der Waals surface area contributed by atoms with Gasteiger partial charge >= 0.3 is 0 Å². The van der Waals surface area contributed by atoms with Gasteiger partial charge in [0.05, 0.1) is 0 Å². The van der Waals surface area contributed by atoms with E-state index in [1.54, 1.807) is 0 Å². The van der Waals surface area contributed by atoms with Crippen LogP contribution in [0.2, 0.25) is 0 Å². The Bertz CT molecular complexity index is 524. The van der Waals surface area contributed by atoms with Crippen molar-refractivity contribution in [3.05, 3.63) is 34.9 Å². The molecule has 17 heavy (non-hydrogen) atoms. The van der Waals surface area contributed by atoms with Gasteiger partial charge in [-0.05, 0) is 50.5 Å². The molecule has 2 heteroatoms. The van der Waals surface area contributed by atoms with E-state index in [2.05, 4.69) is 12.2 Å². The van der Waals surface area contributed by atoms with Gasteiger partial charge in [-0.1, -0.05) is 6.08 Å². The number of Topliss-reactive ketones (excluding diaryl/α,β-unsaturated/α-hetero) is 1. The van der Waals surface area contributed by atoms with Gasteiger partial charge in [0, 0.05) is 17.5 Å². The topological polar surface area (TPSA) is 26.3 Å². The van der Waals surface area contributed by atoms with Crippen molar-refractivity contribution in [1.82, 2.24) is 0 Å². The molecule has 1 aliphatic carbocycles. The molecule has 0 atom stereocenters. The lowest BCUT2D eigenvalue weighted by molar-refractivity contribution is 0.0972. The normalized spacial score (nSPS) is 20.5. The Balaban J connectivity index is 2.16. The van der Waals surface area contributed by atoms with Gasteiger partial charge in [-0.3, -0.25) is 4.79 Å². The summed E-state index contributed by atoms with van der Waals surface area (Å²) in [5.74, 6) is 1.18. The molecule has 0 bridgehead atoms. The first-order chi connectivity index (χ1) is 8.07. The first-order valence-electron chi connectivity index (χ1n) is 6.14. The van der Waals surface area contributed by atoms with Gasteiger partial charge in [0.2, 0.25) is 0 Å². The smallest absolute Gasteiger partial charge is 0.163 e. The Morgan fingerprint density at radius 2 is 2.06 bits per heavy atom. The molecule has 0 N–H and O–H groups in total. The zero-order valence-electron chi connectivity index (χ0n) is 10.2. The standard InChI is InChI=1S/C15H16O2/c1-15(2)9-8-12-10-4-3-5-13(16)11(10)6-7-14(12)17-15/h6-9H,3-5H2,1-2H3. The van der Waals surface area contributed by atoms with E-state index >= 15 is 0 Å². The number of ketones is 1. The zero-order valence-corrected chi connectivity index (χ0v) is 10.2. The SMILES string of the molecule is CC1(C)C=Cc2c(ccc3c2CCCC3=O)O1. The molecule has 0 amide bonds. The lowest BCUT2D eigenvalue weighted by atomic mass is 9.85. The van der Waals surface area contributed by atoms with Gasteiger partial charge in [-0.15, -0.1) is 0 Å². The number of hydrogen-bond donors (Lipinski definition) is 0. The minimum absolute atomic E-state index is 0.250. The number of fused-ring (bicyclic) bond motifs is 3. The maximum absolute atomic E-state index is 11.8. The summed E-state index contributed by atoms with van der Waals surface area (Å²) in [6.07, 6.45) is 6.80. The maximum Gasteiger partial charge on any atom is 0.163 e. The minimum Gasteiger partial charge on any atom is -0.483 e. The molecule has 3 rings (SSSR count). The summed E-state index contributed by atoms with van der Waals surface area (Å²) in [5, 5.41) is 0. The molecule has 0 spiro atoms. The van der Waals surface area contributed by atoms with Crippen LogP contribution in [0.1, 0.15) is 48.2 Å². The summed E-state index contributed by atoms with van der Waals surface area (Å²) in [5.41, 5.74) is 2.92. The van der Waals surface area contributed by atoms with Crippen LogP contribution in [-0.4, -0.2) is 11.4 Å². The number of carbonyl (C=O) groups excluding carboxylic acids is 1. The van der Waals surface area contributed by atoms with Crippen LogP contribution in [-0.2, 0) is 6.42 Å². The summed E-state index contributed by atoms with van der Waals surface area (Å²) in [6, 6.07) is 3.85. The number of ether oxygens (including phenoxy) is 1. The summed E-state index contributed by atoms with van der Waals surface area (Å²) >= 11 is 0. The highest BCUT2D eigenvalue weighted by Gasteiger charge is 2.27. The number of carbonyl (C=O) groups is 1. The molecule has 0 unspecified atom stereocenters. The van der Waals surface area contributed by atoms with Crippen LogP contribution in [0.3, 0.4) is 0 Å². The molecule has 0 radical (unpaired) electrons. The van der Waals surface area contributed by atoms with Crippen molar-refractivity contribution < 1.29 is 9.53 Å². The van der Waals surface area contributed by atoms with Crippen molar-refractivity contribution in [2.45, 2.75) is 38.7 Å². The molecule has 2 aliphatic rings. The summed E-state index contributed by atoms with van der Waals surface area (Å²) in [6.45, 7) is 4.08. The van der Waals surface area contributed by atoms with E-state index in [1.165, 1.54) is 5.56 Å². The van der Waals surface area contributed by atoms with Gasteiger partial charge in [0.25, 0.3) is 0 Å². The van der Waals surface area contributed by atoms with Gasteiger partial charge in [0.1, 0.15) is 11.4 Å². The molecular formula is C15H16O2. The Labute approximate surface area is 101 Å². The molecule has 0 saturated heterocycles. The fraction of sp³-hybridized carbons (Fsp3) is 0.400. The molecule has 1 aromatic carbocycles. The first-order valence-corrected chi connectivity index (χ1v) is 6.14. The second-order valence-corrected chi connectivity index (χ2v) is 5.32. The fourth-order valence-corrected chi connectivity index (χ4v) is 2.61. The van der Waals surface area contributed by atoms with E-state index in [0.29, 0.717) is 6.42 Å². The van der Waals surface area contributed by atoms with Crippen molar-refractivity contribution in [2.24, 2.45) is 0 Å². The van der Waals surface area contributed by atoms with Crippen LogP contribution in [0.5, 0.6) is 5.75 Å². The highest BCUT2D eigenvalue weighted by atomic mass is 16.5. The molecule has 2 nitrogen and oxygen atoms in total. The minimum atomic E-state index is -0.250. The first kappa shape index (κ1) is 10.6.